The molecular formula is C11H20O3. The predicted octanol–water partition coefficient (Wildman–Crippen LogP) is 1.90. The van der Waals surface area contributed by atoms with Crippen LogP contribution in [0.15, 0.2) is 12.2 Å². The maximum Gasteiger partial charge on any atom is 0.309 e. The zero-order chi connectivity index (χ0) is 11.0. The molecule has 0 aromatic rings. The van der Waals surface area contributed by atoms with E-state index in [0.717, 1.165) is 12.8 Å². The number of aliphatic hydroxyl groups is 1. The first-order valence-electron chi connectivity index (χ1n) is 4.97. The third-order valence-electron chi connectivity index (χ3n) is 2.29. The Morgan fingerprint density at radius 3 is 2.57 bits per heavy atom. The lowest BCUT2D eigenvalue weighted by Gasteiger charge is -2.12. The molecule has 3 nitrogen and oxygen atoms in total. The maximum atomic E-state index is 10.7. The molecule has 0 saturated heterocycles. The van der Waals surface area contributed by atoms with Crippen LogP contribution in [0, 0.1) is 5.92 Å². The average molecular weight is 200 g/mol. The third-order valence-corrected chi connectivity index (χ3v) is 2.29. The SMILES string of the molecule is COC(=O)C/C=C/CC[C@@H](C)[C@H](C)O. The second-order valence-corrected chi connectivity index (χ2v) is 3.55. The highest BCUT2D eigenvalue weighted by Crippen LogP contribution is 2.10. The molecule has 3 heteroatoms. The van der Waals surface area contributed by atoms with E-state index in [9.17, 15) is 9.90 Å². The summed E-state index contributed by atoms with van der Waals surface area (Å²) in [6.07, 6.45) is 5.66. The van der Waals surface area contributed by atoms with E-state index in [2.05, 4.69) is 4.74 Å². The molecule has 0 bridgehead atoms. The van der Waals surface area contributed by atoms with Gasteiger partial charge in [0.25, 0.3) is 0 Å². The van der Waals surface area contributed by atoms with Crippen molar-refractivity contribution in [2.75, 3.05) is 7.11 Å². The molecule has 0 aromatic carbocycles. The monoisotopic (exact) mass is 200 g/mol. The van der Waals surface area contributed by atoms with Gasteiger partial charge < -0.3 is 9.84 Å². The number of carbonyl (C=O) groups excluding carboxylic acids is 1. The van der Waals surface area contributed by atoms with Crippen LogP contribution in [0.1, 0.15) is 33.1 Å². The van der Waals surface area contributed by atoms with Crippen molar-refractivity contribution in [1.82, 2.24) is 0 Å². The Kier molecular flexibility index (Phi) is 7.11. The quantitative estimate of drug-likeness (QED) is 0.526. The minimum Gasteiger partial charge on any atom is -0.469 e. The fourth-order valence-electron chi connectivity index (χ4n) is 0.981. The van der Waals surface area contributed by atoms with Crippen molar-refractivity contribution < 1.29 is 14.6 Å². The number of aliphatic hydroxyl groups excluding tert-OH is 1. The van der Waals surface area contributed by atoms with Gasteiger partial charge in [0.15, 0.2) is 0 Å². The molecule has 0 heterocycles. The molecule has 0 aliphatic carbocycles. The van der Waals surface area contributed by atoms with Crippen LogP contribution < -0.4 is 0 Å². The Labute approximate surface area is 85.8 Å². The zero-order valence-electron chi connectivity index (χ0n) is 9.19. The van der Waals surface area contributed by atoms with Gasteiger partial charge in [-0.2, -0.15) is 0 Å². The second kappa shape index (κ2) is 7.56. The van der Waals surface area contributed by atoms with Gasteiger partial charge in [-0.3, -0.25) is 4.79 Å². The maximum absolute atomic E-state index is 10.7. The molecule has 0 aliphatic heterocycles. The first-order valence-corrected chi connectivity index (χ1v) is 4.97. The Morgan fingerprint density at radius 1 is 1.43 bits per heavy atom. The summed E-state index contributed by atoms with van der Waals surface area (Å²) in [7, 11) is 1.38. The number of esters is 1. The summed E-state index contributed by atoms with van der Waals surface area (Å²) in [6.45, 7) is 3.81. The number of carbonyl (C=O) groups is 1. The molecule has 0 radical (unpaired) electrons. The standard InChI is InChI=1S/C11H20O3/c1-9(10(2)12)7-5-4-6-8-11(13)14-3/h4,6,9-10,12H,5,7-8H2,1-3H3/b6-4+/t9-,10+/m1/s1. The van der Waals surface area contributed by atoms with Crippen molar-refractivity contribution >= 4 is 5.97 Å². The van der Waals surface area contributed by atoms with Crippen LogP contribution in [0.2, 0.25) is 0 Å². The van der Waals surface area contributed by atoms with E-state index in [1.165, 1.54) is 7.11 Å². The van der Waals surface area contributed by atoms with Crippen LogP contribution in [0.5, 0.6) is 0 Å². The van der Waals surface area contributed by atoms with E-state index in [1.807, 2.05) is 13.0 Å². The number of allylic oxidation sites excluding steroid dienone is 1. The van der Waals surface area contributed by atoms with Gasteiger partial charge in [0, 0.05) is 0 Å². The molecule has 0 amide bonds. The van der Waals surface area contributed by atoms with Crippen LogP contribution in [0.25, 0.3) is 0 Å². The van der Waals surface area contributed by atoms with E-state index in [1.54, 1.807) is 13.0 Å². The molecule has 0 unspecified atom stereocenters. The molecule has 0 fully saturated rings. The van der Waals surface area contributed by atoms with Crippen molar-refractivity contribution in [2.45, 2.75) is 39.2 Å². The van der Waals surface area contributed by atoms with E-state index < -0.39 is 0 Å². The van der Waals surface area contributed by atoms with Gasteiger partial charge in [-0.1, -0.05) is 19.1 Å². The summed E-state index contributed by atoms with van der Waals surface area (Å²) < 4.78 is 4.49. The number of ether oxygens (including phenoxy) is 1. The first-order chi connectivity index (χ1) is 6.57. The van der Waals surface area contributed by atoms with Crippen LogP contribution in [-0.4, -0.2) is 24.3 Å². The summed E-state index contributed by atoms with van der Waals surface area (Å²) in [5.41, 5.74) is 0. The van der Waals surface area contributed by atoms with Gasteiger partial charge in [-0.25, -0.2) is 0 Å². The van der Waals surface area contributed by atoms with Crippen molar-refractivity contribution in [3.8, 4) is 0 Å². The normalized spacial score (nSPS) is 15.4. The minimum absolute atomic E-state index is 0.218. The first kappa shape index (κ1) is 13.2. The van der Waals surface area contributed by atoms with Gasteiger partial charge in [0.05, 0.1) is 19.6 Å². The highest BCUT2D eigenvalue weighted by Gasteiger charge is 2.06. The summed E-state index contributed by atoms with van der Waals surface area (Å²) in [6, 6.07) is 0. The summed E-state index contributed by atoms with van der Waals surface area (Å²) in [4.78, 5) is 10.7. The highest BCUT2D eigenvalue weighted by molar-refractivity contribution is 5.70. The highest BCUT2D eigenvalue weighted by atomic mass is 16.5. The van der Waals surface area contributed by atoms with Gasteiger partial charge >= 0.3 is 5.97 Å². The molecule has 0 aromatic heterocycles. The van der Waals surface area contributed by atoms with Crippen LogP contribution in [0.3, 0.4) is 0 Å². The van der Waals surface area contributed by atoms with E-state index in [0.29, 0.717) is 12.3 Å². The lowest BCUT2D eigenvalue weighted by molar-refractivity contribution is -0.139. The minimum atomic E-state index is -0.260. The molecule has 0 spiro atoms. The van der Waals surface area contributed by atoms with Gasteiger partial charge in [-0.05, 0) is 25.7 Å². The summed E-state index contributed by atoms with van der Waals surface area (Å²) in [5, 5.41) is 9.21. The predicted molar refractivity (Wildman–Crippen MR) is 55.9 cm³/mol. The number of rotatable bonds is 6. The van der Waals surface area contributed by atoms with Gasteiger partial charge in [-0.15, -0.1) is 0 Å². The van der Waals surface area contributed by atoms with Gasteiger partial charge in [0.1, 0.15) is 0 Å². The number of hydrogen-bond donors (Lipinski definition) is 1. The van der Waals surface area contributed by atoms with Crippen LogP contribution in [-0.2, 0) is 9.53 Å². The summed E-state index contributed by atoms with van der Waals surface area (Å²) in [5.74, 6) is 0.0857. The molecule has 0 aliphatic rings. The molecule has 82 valence electrons. The molecular weight excluding hydrogens is 180 g/mol. The van der Waals surface area contributed by atoms with Crippen LogP contribution in [0.4, 0.5) is 0 Å². The summed E-state index contributed by atoms with van der Waals surface area (Å²) >= 11 is 0. The van der Waals surface area contributed by atoms with E-state index in [-0.39, 0.29) is 12.1 Å². The second-order valence-electron chi connectivity index (χ2n) is 3.55. The Bertz CT molecular complexity index is 185. The molecule has 0 rings (SSSR count). The number of hydrogen-bond acceptors (Lipinski definition) is 3. The van der Waals surface area contributed by atoms with E-state index >= 15 is 0 Å². The van der Waals surface area contributed by atoms with E-state index in [4.69, 9.17) is 0 Å². The lowest BCUT2D eigenvalue weighted by atomic mass is 10.0. The average Bonchev–Trinajstić information content (AvgIpc) is 2.16. The number of methoxy groups -OCH3 is 1. The largest absolute Gasteiger partial charge is 0.469 e. The smallest absolute Gasteiger partial charge is 0.309 e. The van der Waals surface area contributed by atoms with Gasteiger partial charge in [0.2, 0.25) is 0 Å². The third kappa shape index (κ3) is 6.66. The van der Waals surface area contributed by atoms with Crippen molar-refractivity contribution in [3.63, 3.8) is 0 Å². The fraction of sp³-hybridized carbons (Fsp3) is 0.727. The Balaban J connectivity index is 3.49. The molecule has 14 heavy (non-hydrogen) atoms. The van der Waals surface area contributed by atoms with Crippen molar-refractivity contribution in [2.24, 2.45) is 5.92 Å². The molecule has 0 saturated carbocycles. The van der Waals surface area contributed by atoms with Crippen molar-refractivity contribution in [1.29, 1.82) is 0 Å². The molecule has 2 atom stereocenters. The molecule has 1 N–H and O–H groups in total. The lowest BCUT2D eigenvalue weighted by Crippen LogP contribution is -2.12. The Hall–Kier alpha value is -0.830. The topological polar surface area (TPSA) is 46.5 Å². The zero-order valence-corrected chi connectivity index (χ0v) is 9.19. The van der Waals surface area contributed by atoms with Crippen LogP contribution >= 0.6 is 0 Å². The fourth-order valence-corrected chi connectivity index (χ4v) is 0.981. The Morgan fingerprint density at radius 2 is 2.07 bits per heavy atom. The van der Waals surface area contributed by atoms with Crippen molar-refractivity contribution in [3.05, 3.63) is 12.2 Å².